The molecule has 2 aromatic heterocycles. The second-order valence-electron chi connectivity index (χ2n) is 7.68. The highest BCUT2D eigenvalue weighted by molar-refractivity contribution is 7.07. The summed E-state index contributed by atoms with van der Waals surface area (Å²) >= 11 is 1.66. The Kier molecular flexibility index (Phi) is 6.20. The van der Waals surface area contributed by atoms with Gasteiger partial charge in [0.15, 0.2) is 0 Å². The van der Waals surface area contributed by atoms with Crippen LogP contribution in [0.25, 0.3) is 0 Å². The van der Waals surface area contributed by atoms with Crippen molar-refractivity contribution in [3.8, 4) is 5.75 Å². The number of rotatable bonds is 6. The Morgan fingerprint density at radius 3 is 2.87 bits per heavy atom. The molecule has 0 saturated heterocycles. The van der Waals surface area contributed by atoms with E-state index in [0.29, 0.717) is 26.2 Å². The number of aromatic nitrogens is 2. The molecule has 0 aliphatic carbocycles. The molecule has 0 fully saturated rings. The van der Waals surface area contributed by atoms with E-state index in [9.17, 15) is 4.79 Å². The smallest absolute Gasteiger partial charge is 0.234 e. The Balaban J connectivity index is 1.45. The lowest BCUT2D eigenvalue weighted by atomic mass is 10.2. The zero-order chi connectivity index (χ0) is 21.1. The summed E-state index contributed by atoms with van der Waals surface area (Å²) in [5.41, 5.74) is 5.46. The molecule has 3 heterocycles. The summed E-state index contributed by atoms with van der Waals surface area (Å²) in [5, 5.41) is 11.8. The summed E-state index contributed by atoms with van der Waals surface area (Å²) < 4.78 is 8.29. The van der Waals surface area contributed by atoms with Crippen LogP contribution in [0.15, 0.2) is 41.1 Å². The number of ether oxygens (including phenoxy) is 1. The van der Waals surface area contributed by atoms with E-state index in [1.165, 1.54) is 0 Å². The van der Waals surface area contributed by atoms with E-state index in [4.69, 9.17) is 4.74 Å². The minimum absolute atomic E-state index is 0.0153. The summed E-state index contributed by atoms with van der Waals surface area (Å²) in [6.45, 7) is 9.15. The van der Waals surface area contributed by atoms with E-state index in [0.717, 1.165) is 40.4 Å². The predicted molar refractivity (Wildman–Crippen MR) is 119 cm³/mol. The van der Waals surface area contributed by atoms with Gasteiger partial charge in [0.2, 0.25) is 5.91 Å². The van der Waals surface area contributed by atoms with Crippen LogP contribution in [0.5, 0.6) is 5.75 Å². The molecule has 1 aliphatic heterocycles. The van der Waals surface area contributed by atoms with E-state index in [2.05, 4.69) is 52.1 Å². The van der Waals surface area contributed by atoms with Crippen molar-refractivity contribution < 1.29 is 9.53 Å². The molecule has 6 nitrogen and oxygen atoms in total. The highest BCUT2D eigenvalue weighted by Gasteiger charge is 2.25. The molecule has 0 bridgehead atoms. The Hall–Kier alpha value is -2.64. The van der Waals surface area contributed by atoms with Crippen LogP contribution in [-0.4, -0.2) is 33.7 Å². The van der Waals surface area contributed by atoms with E-state index in [1.807, 2.05) is 29.8 Å². The molecule has 3 aromatic rings. The Labute approximate surface area is 181 Å². The maximum atomic E-state index is 12.8. The fourth-order valence-corrected chi connectivity index (χ4v) is 4.68. The maximum absolute atomic E-state index is 12.8. The van der Waals surface area contributed by atoms with Gasteiger partial charge in [-0.05, 0) is 43.7 Å². The summed E-state index contributed by atoms with van der Waals surface area (Å²) in [4.78, 5) is 14.9. The molecule has 158 valence electrons. The third-order valence-electron chi connectivity index (χ3n) is 5.64. The maximum Gasteiger partial charge on any atom is 0.234 e. The standard InChI is InChI=1S/C23H28N4O2S/c1-4-27-17(3)20(16(2)25-27)11-24-23(28)14-26-12-18-7-5-6-8-21(18)29-22(13-26)19-9-10-30-15-19/h5-10,15,22H,4,11-14H2,1-3H3,(H,24,28)/t22-/m1/s1. The fourth-order valence-electron chi connectivity index (χ4n) is 3.98. The van der Waals surface area contributed by atoms with Gasteiger partial charge in [0.05, 0.1) is 12.2 Å². The normalized spacial score (nSPS) is 16.6. The van der Waals surface area contributed by atoms with E-state index >= 15 is 0 Å². The van der Waals surface area contributed by atoms with Crippen LogP contribution in [0.1, 0.15) is 41.1 Å². The number of hydrogen-bond acceptors (Lipinski definition) is 5. The molecule has 0 unspecified atom stereocenters. The SMILES string of the molecule is CCn1nc(C)c(CNC(=O)CN2Cc3ccccc3O[C@@H](c3ccsc3)C2)c1C. The van der Waals surface area contributed by atoms with Gasteiger partial charge < -0.3 is 10.1 Å². The molecular formula is C23H28N4O2S. The lowest BCUT2D eigenvalue weighted by Crippen LogP contribution is -2.38. The highest BCUT2D eigenvalue weighted by atomic mass is 32.1. The van der Waals surface area contributed by atoms with E-state index < -0.39 is 0 Å². The van der Waals surface area contributed by atoms with Crippen LogP contribution >= 0.6 is 11.3 Å². The summed E-state index contributed by atoms with van der Waals surface area (Å²) in [6.07, 6.45) is -0.0834. The molecule has 1 aromatic carbocycles. The monoisotopic (exact) mass is 424 g/mol. The van der Waals surface area contributed by atoms with Gasteiger partial charge in [-0.2, -0.15) is 16.4 Å². The van der Waals surface area contributed by atoms with Crippen molar-refractivity contribution in [1.29, 1.82) is 0 Å². The number of carbonyl (C=O) groups is 1. The Bertz CT molecular complexity index is 1010. The summed E-state index contributed by atoms with van der Waals surface area (Å²) in [6, 6.07) is 10.2. The minimum Gasteiger partial charge on any atom is -0.484 e. The zero-order valence-electron chi connectivity index (χ0n) is 17.7. The van der Waals surface area contributed by atoms with Gasteiger partial charge in [-0.25, -0.2) is 0 Å². The van der Waals surface area contributed by atoms with Crippen molar-refractivity contribution in [2.24, 2.45) is 0 Å². The number of benzene rings is 1. The second-order valence-corrected chi connectivity index (χ2v) is 8.46. The van der Waals surface area contributed by atoms with Gasteiger partial charge in [0, 0.05) is 48.6 Å². The predicted octanol–water partition coefficient (Wildman–Crippen LogP) is 3.83. The van der Waals surface area contributed by atoms with Crippen molar-refractivity contribution in [2.75, 3.05) is 13.1 Å². The third-order valence-corrected chi connectivity index (χ3v) is 6.34. The number of carbonyl (C=O) groups excluding carboxylic acids is 1. The van der Waals surface area contributed by atoms with Crippen LogP contribution in [0.4, 0.5) is 0 Å². The quantitative estimate of drug-likeness (QED) is 0.653. The largest absolute Gasteiger partial charge is 0.484 e. The number of amides is 1. The number of fused-ring (bicyclic) bond motifs is 1. The minimum atomic E-state index is -0.0834. The number of thiophene rings is 1. The van der Waals surface area contributed by atoms with Crippen molar-refractivity contribution in [2.45, 2.75) is 46.5 Å². The average Bonchev–Trinajstić information content (AvgIpc) is 3.31. The van der Waals surface area contributed by atoms with Crippen molar-refractivity contribution in [3.05, 3.63) is 69.2 Å². The Morgan fingerprint density at radius 1 is 1.30 bits per heavy atom. The molecule has 0 spiro atoms. The molecule has 1 N–H and O–H groups in total. The number of aryl methyl sites for hydroxylation is 2. The van der Waals surface area contributed by atoms with Crippen LogP contribution in [0.3, 0.4) is 0 Å². The topological polar surface area (TPSA) is 59.4 Å². The Morgan fingerprint density at radius 2 is 2.13 bits per heavy atom. The second kappa shape index (κ2) is 9.02. The highest BCUT2D eigenvalue weighted by Crippen LogP contribution is 2.31. The van der Waals surface area contributed by atoms with Gasteiger partial charge in [0.25, 0.3) is 0 Å². The van der Waals surface area contributed by atoms with Crippen LogP contribution in [0.2, 0.25) is 0 Å². The summed E-state index contributed by atoms with van der Waals surface area (Å²) in [5.74, 6) is 0.913. The first kappa shape index (κ1) is 20.6. The molecule has 0 saturated carbocycles. The van der Waals surface area contributed by atoms with Gasteiger partial charge >= 0.3 is 0 Å². The molecule has 0 radical (unpaired) electrons. The first-order valence-electron chi connectivity index (χ1n) is 10.3. The number of nitrogens with zero attached hydrogens (tertiary/aromatic N) is 3. The third kappa shape index (κ3) is 4.42. The molecule has 1 aliphatic rings. The van der Waals surface area contributed by atoms with Gasteiger partial charge in [-0.1, -0.05) is 18.2 Å². The fraction of sp³-hybridized carbons (Fsp3) is 0.391. The van der Waals surface area contributed by atoms with Crippen molar-refractivity contribution in [1.82, 2.24) is 20.0 Å². The molecule has 7 heteroatoms. The molecular weight excluding hydrogens is 396 g/mol. The van der Waals surface area contributed by atoms with Crippen LogP contribution in [0, 0.1) is 13.8 Å². The molecule has 4 rings (SSSR count). The number of para-hydroxylation sites is 1. The molecule has 1 atom stereocenters. The molecule has 30 heavy (non-hydrogen) atoms. The average molecular weight is 425 g/mol. The van der Waals surface area contributed by atoms with E-state index in [1.54, 1.807) is 11.3 Å². The first-order chi connectivity index (χ1) is 14.5. The van der Waals surface area contributed by atoms with Gasteiger partial charge in [0.1, 0.15) is 11.9 Å². The number of nitrogens with one attached hydrogen (secondary N) is 1. The summed E-state index contributed by atoms with van der Waals surface area (Å²) in [7, 11) is 0. The van der Waals surface area contributed by atoms with Crippen LogP contribution < -0.4 is 10.1 Å². The van der Waals surface area contributed by atoms with Crippen molar-refractivity contribution in [3.63, 3.8) is 0 Å². The number of hydrogen-bond donors (Lipinski definition) is 1. The van der Waals surface area contributed by atoms with Gasteiger partial charge in [-0.15, -0.1) is 0 Å². The van der Waals surface area contributed by atoms with Crippen LogP contribution in [-0.2, 0) is 24.4 Å². The lowest BCUT2D eigenvalue weighted by Gasteiger charge is -2.23. The van der Waals surface area contributed by atoms with Crippen molar-refractivity contribution >= 4 is 17.2 Å². The molecule has 1 amide bonds. The zero-order valence-corrected chi connectivity index (χ0v) is 18.5. The van der Waals surface area contributed by atoms with E-state index in [-0.39, 0.29) is 12.0 Å². The lowest BCUT2D eigenvalue weighted by molar-refractivity contribution is -0.122. The van der Waals surface area contributed by atoms with Gasteiger partial charge in [-0.3, -0.25) is 14.4 Å². The first-order valence-corrected chi connectivity index (χ1v) is 11.3.